The van der Waals surface area contributed by atoms with Gasteiger partial charge in [0.2, 0.25) is 0 Å². The van der Waals surface area contributed by atoms with E-state index in [1.54, 1.807) is 0 Å². The van der Waals surface area contributed by atoms with Gasteiger partial charge >= 0.3 is 0 Å². The number of benzene rings is 2. The molecule has 1 aliphatic heterocycles. The molecule has 1 aliphatic carbocycles. The van der Waals surface area contributed by atoms with Crippen LogP contribution in [-0.2, 0) is 6.42 Å². The summed E-state index contributed by atoms with van der Waals surface area (Å²) in [5, 5.41) is 11.7. The maximum Gasteiger partial charge on any atom is 0.124 e. The molecule has 2 aliphatic rings. The molecule has 4 rings (SSSR count). The number of rotatable bonds is 4. The fourth-order valence-electron chi connectivity index (χ4n) is 4.61. The van der Waals surface area contributed by atoms with E-state index in [9.17, 15) is 0 Å². The zero-order valence-corrected chi connectivity index (χ0v) is 17.0. The highest BCUT2D eigenvalue weighted by Gasteiger charge is 2.40. The number of fused-ring (bicyclic) bond motifs is 5. The van der Waals surface area contributed by atoms with Gasteiger partial charge in [-0.05, 0) is 52.8 Å². The predicted molar refractivity (Wildman–Crippen MR) is 111 cm³/mol. The second-order valence-electron chi connectivity index (χ2n) is 8.82. The van der Waals surface area contributed by atoms with Crippen LogP contribution in [0.1, 0.15) is 74.4 Å². The molecule has 0 amide bonds. The van der Waals surface area contributed by atoms with Crippen molar-refractivity contribution in [1.29, 1.82) is 0 Å². The molecule has 0 spiro atoms. The fraction of sp³-hybridized carbons (Fsp3) is 0.500. The maximum absolute atomic E-state index is 4.80. The first-order chi connectivity index (χ1) is 13.1. The highest BCUT2D eigenvalue weighted by molar-refractivity contribution is 5.43. The van der Waals surface area contributed by atoms with Crippen molar-refractivity contribution >= 4 is 0 Å². The quantitative estimate of drug-likeness (QED) is 0.611. The van der Waals surface area contributed by atoms with E-state index in [1.807, 2.05) is 0 Å². The number of hydrogen-bond acceptors (Lipinski definition) is 3. The summed E-state index contributed by atoms with van der Waals surface area (Å²) in [6.45, 7) is 10.2. The molecule has 3 heteroatoms. The monoisotopic (exact) mass is 361 g/mol. The van der Waals surface area contributed by atoms with Crippen molar-refractivity contribution in [3.63, 3.8) is 0 Å². The van der Waals surface area contributed by atoms with Crippen molar-refractivity contribution in [2.24, 2.45) is 22.2 Å². The SMILES string of the molecule is CC(C)CCN1N=NC2c3ccccc3[C@H](C(C)C)Cc3ccccc3C21. The second-order valence-corrected chi connectivity index (χ2v) is 8.82. The van der Waals surface area contributed by atoms with Crippen LogP contribution in [0.15, 0.2) is 58.9 Å². The molecular weight excluding hydrogens is 330 g/mol. The standard InChI is InChI=1S/C24H31N3/c1-16(2)13-14-27-24-19-10-6-5-9-18(19)15-22(17(3)4)20-11-7-8-12-21(20)23(24)25-26-27/h5-12,16-17,22-24H,13-15H2,1-4H3/t22-,23?,24?/m0/s1. The molecule has 0 radical (unpaired) electrons. The molecule has 0 saturated heterocycles. The minimum absolute atomic E-state index is 0.0936. The zero-order valence-electron chi connectivity index (χ0n) is 17.0. The van der Waals surface area contributed by atoms with E-state index in [1.165, 1.54) is 22.3 Å². The van der Waals surface area contributed by atoms with Gasteiger partial charge in [-0.1, -0.05) is 81.4 Å². The Kier molecular flexibility index (Phi) is 5.03. The average molecular weight is 362 g/mol. The fourth-order valence-corrected chi connectivity index (χ4v) is 4.61. The summed E-state index contributed by atoms with van der Waals surface area (Å²) in [6, 6.07) is 18.2. The number of hydrogen-bond donors (Lipinski definition) is 0. The van der Waals surface area contributed by atoms with Gasteiger partial charge < -0.3 is 0 Å². The first-order valence-corrected chi connectivity index (χ1v) is 10.4. The summed E-state index contributed by atoms with van der Waals surface area (Å²) in [7, 11) is 0. The first-order valence-electron chi connectivity index (χ1n) is 10.4. The van der Waals surface area contributed by atoms with E-state index >= 15 is 0 Å². The van der Waals surface area contributed by atoms with E-state index in [-0.39, 0.29) is 12.1 Å². The normalized spacial score (nSPS) is 23.8. The molecular formula is C24H31N3. The van der Waals surface area contributed by atoms with Crippen molar-refractivity contribution in [2.75, 3.05) is 6.54 Å². The lowest BCUT2D eigenvalue weighted by Gasteiger charge is -2.34. The van der Waals surface area contributed by atoms with Crippen LogP contribution in [-0.4, -0.2) is 11.6 Å². The molecule has 2 aromatic rings. The minimum atomic E-state index is 0.0936. The van der Waals surface area contributed by atoms with Gasteiger partial charge in [-0.3, -0.25) is 5.01 Å². The Balaban J connectivity index is 1.83. The van der Waals surface area contributed by atoms with E-state index in [4.69, 9.17) is 5.11 Å². The molecule has 2 unspecified atom stereocenters. The molecule has 1 heterocycles. The highest BCUT2D eigenvalue weighted by Crippen LogP contribution is 2.49. The molecule has 2 aromatic carbocycles. The second kappa shape index (κ2) is 7.46. The smallest absolute Gasteiger partial charge is 0.124 e. The molecule has 0 N–H and O–H groups in total. The molecule has 0 aromatic heterocycles. The van der Waals surface area contributed by atoms with Gasteiger partial charge in [0.15, 0.2) is 0 Å². The Hall–Kier alpha value is -2.16. The molecule has 0 bridgehead atoms. The molecule has 3 atom stereocenters. The Labute approximate surface area is 163 Å². The van der Waals surface area contributed by atoms with Gasteiger partial charge in [-0.15, -0.1) is 0 Å². The van der Waals surface area contributed by atoms with Crippen LogP contribution in [0.25, 0.3) is 0 Å². The van der Waals surface area contributed by atoms with Crippen LogP contribution in [0.5, 0.6) is 0 Å². The van der Waals surface area contributed by atoms with Crippen LogP contribution in [0, 0.1) is 11.8 Å². The van der Waals surface area contributed by atoms with Crippen molar-refractivity contribution < 1.29 is 0 Å². The largest absolute Gasteiger partial charge is 0.269 e. The highest BCUT2D eigenvalue weighted by atomic mass is 15.6. The molecule has 3 nitrogen and oxygen atoms in total. The van der Waals surface area contributed by atoms with Gasteiger partial charge in [0.25, 0.3) is 0 Å². The molecule has 0 fully saturated rings. The van der Waals surface area contributed by atoms with Crippen molar-refractivity contribution in [1.82, 2.24) is 5.01 Å². The Morgan fingerprint density at radius 1 is 0.926 bits per heavy atom. The topological polar surface area (TPSA) is 28.0 Å². The van der Waals surface area contributed by atoms with Crippen LogP contribution in [0.3, 0.4) is 0 Å². The molecule has 0 saturated carbocycles. The summed E-state index contributed by atoms with van der Waals surface area (Å²) >= 11 is 0. The lowest BCUT2D eigenvalue weighted by atomic mass is 9.74. The van der Waals surface area contributed by atoms with E-state index in [0.29, 0.717) is 17.8 Å². The van der Waals surface area contributed by atoms with Crippen molar-refractivity contribution in [3.8, 4) is 0 Å². The number of nitrogens with zero attached hydrogens (tertiary/aromatic N) is 3. The van der Waals surface area contributed by atoms with E-state index in [2.05, 4.69) is 86.5 Å². The van der Waals surface area contributed by atoms with E-state index in [0.717, 1.165) is 19.4 Å². The minimum Gasteiger partial charge on any atom is -0.269 e. The molecule has 142 valence electrons. The predicted octanol–water partition coefficient (Wildman–Crippen LogP) is 6.49. The van der Waals surface area contributed by atoms with Crippen LogP contribution in [0.2, 0.25) is 0 Å². The average Bonchev–Trinajstić information content (AvgIpc) is 3.06. The van der Waals surface area contributed by atoms with Gasteiger partial charge in [-0.25, -0.2) is 0 Å². The Morgan fingerprint density at radius 3 is 2.30 bits per heavy atom. The third-order valence-corrected chi connectivity index (χ3v) is 6.18. The van der Waals surface area contributed by atoms with Gasteiger partial charge in [-0.2, -0.15) is 5.11 Å². The van der Waals surface area contributed by atoms with Crippen LogP contribution >= 0.6 is 0 Å². The van der Waals surface area contributed by atoms with Gasteiger partial charge in [0.05, 0.1) is 0 Å². The summed E-state index contributed by atoms with van der Waals surface area (Å²) < 4.78 is 0. The zero-order chi connectivity index (χ0) is 19.0. The summed E-state index contributed by atoms with van der Waals surface area (Å²) in [5.74, 6) is 1.77. The van der Waals surface area contributed by atoms with Crippen molar-refractivity contribution in [2.45, 2.75) is 58.5 Å². The third kappa shape index (κ3) is 3.40. The van der Waals surface area contributed by atoms with Gasteiger partial charge in [0, 0.05) is 6.54 Å². The maximum atomic E-state index is 4.80. The molecule has 27 heavy (non-hydrogen) atoms. The van der Waals surface area contributed by atoms with Crippen LogP contribution < -0.4 is 0 Å². The summed E-state index contributed by atoms with van der Waals surface area (Å²) in [6.07, 6.45) is 2.23. The summed E-state index contributed by atoms with van der Waals surface area (Å²) in [4.78, 5) is 0. The lowest BCUT2D eigenvalue weighted by molar-refractivity contribution is 0.206. The van der Waals surface area contributed by atoms with Crippen molar-refractivity contribution in [3.05, 3.63) is 70.8 Å². The third-order valence-electron chi connectivity index (χ3n) is 6.18. The Bertz CT molecular complexity index is 824. The first kappa shape index (κ1) is 18.2. The lowest BCUT2D eigenvalue weighted by Crippen LogP contribution is -2.29. The van der Waals surface area contributed by atoms with Crippen LogP contribution in [0.4, 0.5) is 0 Å². The Morgan fingerprint density at radius 2 is 1.59 bits per heavy atom. The summed E-state index contributed by atoms with van der Waals surface area (Å²) in [5.41, 5.74) is 5.70. The van der Waals surface area contributed by atoms with Gasteiger partial charge in [0.1, 0.15) is 12.1 Å². The van der Waals surface area contributed by atoms with E-state index < -0.39 is 0 Å².